The molecule has 4 heteroatoms. The molecule has 0 aliphatic carbocycles. The van der Waals surface area contributed by atoms with E-state index in [0.29, 0.717) is 11.6 Å². The Morgan fingerprint density at radius 3 is 2.73 bits per heavy atom. The van der Waals surface area contributed by atoms with Crippen molar-refractivity contribution in [1.82, 2.24) is 10.6 Å². The van der Waals surface area contributed by atoms with Crippen LogP contribution in [0.1, 0.15) is 18.1 Å². The van der Waals surface area contributed by atoms with Crippen LogP contribution >= 0.6 is 11.6 Å². The van der Waals surface area contributed by atoms with Gasteiger partial charge in [0.25, 0.3) is 0 Å². The lowest BCUT2D eigenvalue weighted by Gasteiger charge is -2.07. The number of amides is 2. The highest BCUT2D eigenvalue weighted by molar-refractivity contribution is 6.31. The van der Waals surface area contributed by atoms with E-state index in [1.165, 1.54) is 5.56 Å². The van der Waals surface area contributed by atoms with E-state index < -0.39 is 0 Å². The summed E-state index contributed by atoms with van der Waals surface area (Å²) in [6.07, 6.45) is 0.961. The molecule has 0 spiro atoms. The zero-order chi connectivity index (χ0) is 11.3. The maximum atomic E-state index is 11.0. The predicted octanol–water partition coefficient (Wildman–Crippen LogP) is 2.33. The number of nitrogens with one attached hydrogen (secondary N) is 2. The van der Waals surface area contributed by atoms with Gasteiger partial charge in [-0.2, -0.15) is 0 Å². The molecule has 0 saturated carbocycles. The topological polar surface area (TPSA) is 41.1 Å². The van der Waals surface area contributed by atoms with Crippen molar-refractivity contribution in [2.24, 2.45) is 0 Å². The van der Waals surface area contributed by atoms with Crippen molar-refractivity contribution in [3.8, 4) is 0 Å². The molecule has 3 nitrogen and oxygen atoms in total. The zero-order valence-corrected chi connectivity index (χ0v) is 9.69. The van der Waals surface area contributed by atoms with Gasteiger partial charge in [0.15, 0.2) is 0 Å². The first-order valence-corrected chi connectivity index (χ1v) is 5.28. The lowest BCUT2D eigenvalue weighted by Crippen LogP contribution is -2.32. The Morgan fingerprint density at radius 1 is 1.47 bits per heavy atom. The van der Waals surface area contributed by atoms with Crippen LogP contribution in [0.3, 0.4) is 0 Å². The number of rotatable bonds is 3. The molecule has 0 saturated heterocycles. The summed E-state index contributed by atoms with van der Waals surface area (Å²) in [6.45, 7) is 2.52. The summed E-state index contributed by atoms with van der Waals surface area (Å²) in [4.78, 5) is 11.0. The fourth-order valence-corrected chi connectivity index (χ4v) is 1.49. The second kappa shape index (κ2) is 5.61. The summed E-state index contributed by atoms with van der Waals surface area (Å²) >= 11 is 6.06. The van der Waals surface area contributed by atoms with Crippen LogP contribution in [-0.4, -0.2) is 13.1 Å². The monoisotopic (exact) mass is 226 g/mol. The van der Waals surface area contributed by atoms with E-state index in [4.69, 9.17) is 11.6 Å². The van der Waals surface area contributed by atoms with Gasteiger partial charge in [0.1, 0.15) is 0 Å². The third-order valence-corrected chi connectivity index (χ3v) is 2.54. The summed E-state index contributed by atoms with van der Waals surface area (Å²) in [7, 11) is 1.58. The molecule has 1 aromatic rings. The highest BCUT2D eigenvalue weighted by Crippen LogP contribution is 2.17. The standard InChI is InChI=1S/C11H15ClN2O/c1-3-8-4-5-9(10(12)6-8)7-14-11(15)13-2/h4-6H,3,7H2,1-2H3,(H2,13,14,15). The molecule has 2 N–H and O–H groups in total. The zero-order valence-electron chi connectivity index (χ0n) is 8.93. The normalized spacial score (nSPS) is 9.80. The molecule has 0 aliphatic rings. The molecule has 15 heavy (non-hydrogen) atoms. The minimum absolute atomic E-state index is 0.203. The van der Waals surface area contributed by atoms with Crippen molar-refractivity contribution >= 4 is 17.6 Å². The number of urea groups is 1. The number of hydrogen-bond acceptors (Lipinski definition) is 1. The third-order valence-electron chi connectivity index (χ3n) is 2.19. The molecule has 0 radical (unpaired) electrons. The fourth-order valence-electron chi connectivity index (χ4n) is 1.22. The lowest BCUT2D eigenvalue weighted by molar-refractivity contribution is 0.242. The van der Waals surface area contributed by atoms with Crippen LogP contribution in [0.4, 0.5) is 4.79 Å². The van der Waals surface area contributed by atoms with Gasteiger partial charge in [-0.25, -0.2) is 4.79 Å². The summed E-state index contributed by atoms with van der Waals surface area (Å²) in [5, 5.41) is 5.88. The van der Waals surface area contributed by atoms with Gasteiger partial charge in [-0.1, -0.05) is 30.7 Å². The summed E-state index contributed by atoms with van der Waals surface area (Å²) in [6, 6.07) is 5.69. The largest absolute Gasteiger partial charge is 0.341 e. The fraction of sp³-hybridized carbons (Fsp3) is 0.364. The van der Waals surface area contributed by atoms with Crippen LogP contribution in [0, 0.1) is 0 Å². The molecular formula is C11H15ClN2O. The van der Waals surface area contributed by atoms with Crippen molar-refractivity contribution < 1.29 is 4.79 Å². The van der Waals surface area contributed by atoms with E-state index in [2.05, 4.69) is 17.6 Å². The van der Waals surface area contributed by atoms with Gasteiger partial charge in [-0.05, 0) is 23.6 Å². The minimum atomic E-state index is -0.203. The Labute approximate surface area is 94.8 Å². The average molecular weight is 227 g/mol. The maximum Gasteiger partial charge on any atom is 0.314 e. The number of carbonyl (C=O) groups is 1. The first kappa shape index (κ1) is 11.9. The Balaban J connectivity index is 2.66. The van der Waals surface area contributed by atoms with Crippen LogP contribution < -0.4 is 10.6 Å². The van der Waals surface area contributed by atoms with Gasteiger partial charge < -0.3 is 10.6 Å². The van der Waals surface area contributed by atoms with Crippen LogP contribution in [-0.2, 0) is 13.0 Å². The highest BCUT2D eigenvalue weighted by atomic mass is 35.5. The summed E-state index contributed by atoms with van der Waals surface area (Å²) < 4.78 is 0. The number of hydrogen-bond donors (Lipinski definition) is 2. The van der Waals surface area contributed by atoms with Crippen LogP contribution in [0.15, 0.2) is 18.2 Å². The second-order valence-electron chi connectivity index (χ2n) is 3.21. The van der Waals surface area contributed by atoms with Crippen LogP contribution in [0.25, 0.3) is 0 Å². The Bertz CT molecular complexity index is 352. The number of carbonyl (C=O) groups excluding carboxylic acids is 1. The maximum absolute atomic E-state index is 11.0. The van der Waals surface area contributed by atoms with Crippen molar-refractivity contribution in [3.05, 3.63) is 34.3 Å². The summed E-state index contributed by atoms with van der Waals surface area (Å²) in [5.74, 6) is 0. The smallest absolute Gasteiger partial charge is 0.314 e. The highest BCUT2D eigenvalue weighted by Gasteiger charge is 2.02. The van der Waals surface area contributed by atoms with E-state index in [-0.39, 0.29) is 6.03 Å². The first-order valence-electron chi connectivity index (χ1n) is 4.90. The molecular weight excluding hydrogens is 212 g/mol. The van der Waals surface area contributed by atoms with Crippen molar-refractivity contribution in [2.75, 3.05) is 7.05 Å². The van der Waals surface area contributed by atoms with E-state index >= 15 is 0 Å². The van der Waals surface area contributed by atoms with Crippen molar-refractivity contribution in [1.29, 1.82) is 0 Å². The SMILES string of the molecule is CCc1ccc(CNC(=O)NC)c(Cl)c1. The van der Waals surface area contributed by atoms with E-state index in [0.717, 1.165) is 12.0 Å². The van der Waals surface area contributed by atoms with Gasteiger partial charge in [0.2, 0.25) is 0 Å². The molecule has 2 amide bonds. The summed E-state index contributed by atoms with van der Waals surface area (Å²) in [5.41, 5.74) is 2.13. The molecule has 0 bridgehead atoms. The van der Waals surface area contributed by atoms with E-state index in [1.54, 1.807) is 7.05 Å². The number of benzene rings is 1. The molecule has 0 unspecified atom stereocenters. The van der Waals surface area contributed by atoms with Crippen LogP contribution in [0.5, 0.6) is 0 Å². The number of halogens is 1. The van der Waals surface area contributed by atoms with Crippen molar-refractivity contribution in [3.63, 3.8) is 0 Å². The predicted molar refractivity (Wildman–Crippen MR) is 62.1 cm³/mol. The Hall–Kier alpha value is -1.22. The lowest BCUT2D eigenvalue weighted by atomic mass is 10.1. The Morgan fingerprint density at radius 2 is 2.20 bits per heavy atom. The average Bonchev–Trinajstić information content (AvgIpc) is 2.26. The molecule has 0 fully saturated rings. The third kappa shape index (κ3) is 3.44. The number of aryl methyl sites for hydroxylation is 1. The molecule has 0 atom stereocenters. The van der Waals surface area contributed by atoms with Gasteiger partial charge in [0, 0.05) is 18.6 Å². The minimum Gasteiger partial charge on any atom is -0.341 e. The molecule has 0 heterocycles. The molecule has 1 aromatic carbocycles. The van der Waals surface area contributed by atoms with Crippen molar-refractivity contribution in [2.45, 2.75) is 19.9 Å². The quantitative estimate of drug-likeness (QED) is 0.816. The molecule has 0 aliphatic heterocycles. The van der Waals surface area contributed by atoms with E-state index in [1.807, 2.05) is 18.2 Å². The van der Waals surface area contributed by atoms with Gasteiger partial charge in [0.05, 0.1) is 0 Å². The molecule has 1 rings (SSSR count). The molecule has 82 valence electrons. The second-order valence-corrected chi connectivity index (χ2v) is 3.62. The van der Waals surface area contributed by atoms with Gasteiger partial charge >= 0.3 is 6.03 Å². The first-order chi connectivity index (χ1) is 7.17. The van der Waals surface area contributed by atoms with Gasteiger partial charge in [-0.15, -0.1) is 0 Å². The molecule has 0 aromatic heterocycles. The van der Waals surface area contributed by atoms with Crippen LogP contribution in [0.2, 0.25) is 5.02 Å². The van der Waals surface area contributed by atoms with E-state index in [9.17, 15) is 4.79 Å². The van der Waals surface area contributed by atoms with Gasteiger partial charge in [-0.3, -0.25) is 0 Å². The Kier molecular flexibility index (Phi) is 4.43.